The highest BCUT2D eigenvalue weighted by Gasteiger charge is 2.46. The molecule has 0 aromatic rings. The summed E-state index contributed by atoms with van der Waals surface area (Å²) >= 11 is 0. The zero-order chi connectivity index (χ0) is 11.5. The lowest BCUT2D eigenvalue weighted by Gasteiger charge is -2.33. The molecule has 1 rings (SSSR count). The van der Waals surface area contributed by atoms with Gasteiger partial charge in [-0.3, -0.25) is 4.79 Å². The number of carbonyl (C=O) groups is 1. The third-order valence-corrected chi connectivity index (χ3v) is 2.84. The highest BCUT2D eigenvalue weighted by atomic mass is 16.3. The van der Waals surface area contributed by atoms with Crippen molar-refractivity contribution in [3.63, 3.8) is 0 Å². The van der Waals surface area contributed by atoms with Crippen molar-refractivity contribution in [2.45, 2.75) is 12.5 Å². The second-order valence-electron chi connectivity index (χ2n) is 4.16. The number of aliphatic hydroxyl groups is 1. The van der Waals surface area contributed by atoms with E-state index in [0.29, 0.717) is 13.1 Å². The molecule has 15 heavy (non-hydrogen) atoms. The summed E-state index contributed by atoms with van der Waals surface area (Å²) in [5.41, 5.74) is -1.18. The number of piperazine rings is 1. The van der Waals surface area contributed by atoms with E-state index in [-0.39, 0.29) is 12.5 Å². The molecule has 0 saturated carbocycles. The molecule has 1 amide bonds. The van der Waals surface area contributed by atoms with E-state index < -0.39 is 5.54 Å². The van der Waals surface area contributed by atoms with Gasteiger partial charge in [0, 0.05) is 33.1 Å². The molecule has 0 unspecified atom stereocenters. The molecule has 0 bridgehead atoms. The average molecular weight is 212 g/mol. The van der Waals surface area contributed by atoms with E-state index in [9.17, 15) is 4.79 Å². The van der Waals surface area contributed by atoms with Crippen molar-refractivity contribution in [2.75, 3.05) is 39.8 Å². The third kappa shape index (κ3) is 2.46. The SMILES string of the molecule is C#[N+][C@](C)(CO)C(=O)N1CCN(C)CC1. The fourth-order valence-electron chi connectivity index (χ4n) is 1.51. The van der Waals surface area contributed by atoms with Crippen LogP contribution in [0.3, 0.4) is 0 Å². The Balaban J connectivity index is 2.65. The molecule has 1 heterocycles. The summed E-state index contributed by atoms with van der Waals surface area (Å²) in [6, 6.07) is 0. The lowest BCUT2D eigenvalue weighted by atomic mass is 10.0. The molecule has 1 aliphatic rings. The quantitative estimate of drug-likeness (QED) is 0.669. The minimum absolute atomic E-state index is 0.194. The fourth-order valence-corrected chi connectivity index (χ4v) is 1.51. The van der Waals surface area contributed by atoms with Crippen molar-refractivity contribution in [1.82, 2.24) is 9.80 Å². The van der Waals surface area contributed by atoms with Crippen molar-refractivity contribution >= 4 is 5.91 Å². The zero-order valence-corrected chi connectivity index (χ0v) is 9.31. The van der Waals surface area contributed by atoms with Crippen LogP contribution >= 0.6 is 0 Å². The standard InChI is InChI=1S/C10H18N3O2/c1-10(8-14,11-2)9(15)13-6-4-12(3)5-7-13/h2,14H,4-8H2,1,3H3/q+1/t10-/m1/s1. The lowest BCUT2D eigenvalue weighted by molar-refractivity contribution is -0.137. The first-order valence-electron chi connectivity index (χ1n) is 5.04. The van der Waals surface area contributed by atoms with Gasteiger partial charge in [-0.1, -0.05) is 4.85 Å². The topological polar surface area (TPSA) is 48.1 Å². The number of rotatable bonds is 2. The van der Waals surface area contributed by atoms with Gasteiger partial charge in [-0.2, -0.15) is 0 Å². The third-order valence-electron chi connectivity index (χ3n) is 2.84. The summed E-state index contributed by atoms with van der Waals surface area (Å²) in [5, 5.41) is 9.11. The number of hydrogen-bond donors (Lipinski definition) is 1. The Morgan fingerprint density at radius 2 is 2.00 bits per heavy atom. The van der Waals surface area contributed by atoms with Crippen molar-refractivity contribution < 1.29 is 9.90 Å². The van der Waals surface area contributed by atoms with Crippen molar-refractivity contribution in [2.24, 2.45) is 0 Å². The number of hydrogen-bond acceptors (Lipinski definition) is 3. The minimum atomic E-state index is -1.18. The lowest BCUT2D eigenvalue weighted by Crippen LogP contribution is -2.54. The van der Waals surface area contributed by atoms with Gasteiger partial charge in [0.25, 0.3) is 6.57 Å². The summed E-state index contributed by atoms with van der Waals surface area (Å²) < 4.78 is 0. The van der Waals surface area contributed by atoms with Gasteiger partial charge >= 0.3 is 11.4 Å². The maximum atomic E-state index is 12.0. The maximum Gasteiger partial charge on any atom is 0.376 e. The summed E-state index contributed by atoms with van der Waals surface area (Å²) in [5.74, 6) is -0.194. The number of aliphatic hydroxyl groups excluding tert-OH is 1. The second kappa shape index (κ2) is 4.60. The number of carbonyl (C=O) groups excluding carboxylic acids is 1. The number of amides is 1. The first-order chi connectivity index (χ1) is 7.03. The van der Waals surface area contributed by atoms with Crippen LogP contribution in [0, 0.1) is 6.57 Å². The normalized spacial score (nSPS) is 21.9. The molecule has 0 spiro atoms. The molecule has 84 valence electrons. The van der Waals surface area contributed by atoms with Crippen LogP contribution in [0.4, 0.5) is 0 Å². The fraction of sp³-hybridized carbons (Fsp3) is 0.800. The Hall–Kier alpha value is -1.12. The van der Waals surface area contributed by atoms with Crippen molar-refractivity contribution in [1.29, 1.82) is 0 Å². The highest BCUT2D eigenvalue weighted by Crippen LogP contribution is 2.15. The molecule has 1 aliphatic heterocycles. The molecule has 5 nitrogen and oxygen atoms in total. The summed E-state index contributed by atoms with van der Waals surface area (Å²) in [6.45, 7) is 9.38. The molecule has 0 aliphatic carbocycles. The van der Waals surface area contributed by atoms with E-state index in [1.54, 1.807) is 11.8 Å². The van der Waals surface area contributed by atoms with Crippen LogP contribution in [0.15, 0.2) is 0 Å². The van der Waals surface area contributed by atoms with Gasteiger partial charge in [0.1, 0.15) is 6.61 Å². The Morgan fingerprint density at radius 1 is 1.47 bits per heavy atom. The van der Waals surface area contributed by atoms with E-state index in [1.165, 1.54) is 0 Å². The van der Waals surface area contributed by atoms with Crippen LogP contribution in [0.1, 0.15) is 6.92 Å². The molecule has 1 fully saturated rings. The van der Waals surface area contributed by atoms with E-state index in [0.717, 1.165) is 13.1 Å². The van der Waals surface area contributed by atoms with Crippen LogP contribution < -0.4 is 0 Å². The average Bonchev–Trinajstić information content (AvgIpc) is 2.28. The Bertz CT molecular complexity index is 279. The van der Waals surface area contributed by atoms with Gasteiger partial charge in [-0.15, -0.1) is 0 Å². The zero-order valence-electron chi connectivity index (χ0n) is 9.31. The molecular weight excluding hydrogens is 194 g/mol. The van der Waals surface area contributed by atoms with Crippen LogP contribution in [-0.4, -0.2) is 66.2 Å². The van der Waals surface area contributed by atoms with Crippen molar-refractivity contribution in [3.8, 4) is 6.57 Å². The van der Waals surface area contributed by atoms with Crippen molar-refractivity contribution in [3.05, 3.63) is 4.85 Å². The molecular formula is C10H18N3O2+. The first-order valence-corrected chi connectivity index (χ1v) is 5.04. The maximum absolute atomic E-state index is 12.0. The number of nitrogens with zero attached hydrogens (tertiary/aromatic N) is 3. The molecule has 0 radical (unpaired) electrons. The van der Waals surface area contributed by atoms with E-state index in [1.807, 2.05) is 7.05 Å². The molecule has 1 saturated heterocycles. The Labute approximate surface area is 90.1 Å². The monoisotopic (exact) mass is 212 g/mol. The second-order valence-corrected chi connectivity index (χ2v) is 4.16. The van der Waals surface area contributed by atoms with Gasteiger partial charge in [0.2, 0.25) is 0 Å². The minimum Gasteiger partial charge on any atom is -0.387 e. The largest absolute Gasteiger partial charge is 0.387 e. The Kier molecular flexibility index (Phi) is 3.66. The first kappa shape index (κ1) is 12.0. The molecule has 5 heteroatoms. The van der Waals surface area contributed by atoms with E-state index in [4.69, 9.17) is 11.7 Å². The Morgan fingerprint density at radius 3 is 2.40 bits per heavy atom. The van der Waals surface area contributed by atoms with Gasteiger partial charge < -0.3 is 14.9 Å². The van der Waals surface area contributed by atoms with Crippen LogP contribution in [0.25, 0.3) is 4.85 Å². The smallest absolute Gasteiger partial charge is 0.376 e. The number of likely N-dealkylation sites (N-methyl/N-ethyl adjacent to an activating group) is 1. The van der Waals surface area contributed by atoms with Gasteiger partial charge in [-0.05, 0) is 7.05 Å². The van der Waals surface area contributed by atoms with Gasteiger partial charge in [0.05, 0.1) is 0 Å². The van der Waals surface area contributed by atoms with Gasteiger partial charge in [0.15, 0.2) is 0 Å². The molecule has 0 aromatic heterocycles. The molecule has 0 aromatic carbocycles. The summed E-state index contributed by atoms with van der Waals surface area (Å²) in [7, 11) is 2.01. The molecule has 1 atom stereocenters. The summed E-state index contributed by atoms with van der Waals surface area (Å²) in [4.78, 5) is 19.3. The summed E-state index contributed by atoms with van der Waals surface area (Å²) in [6.07, 6.45) is 0. The van der Waals surface area contributed by atoms with Crippen LogP contribution in [0.2, 0.25) is 0 Å². The van der Waals surface area contributed by atoms with Crippen LogP contribution in [0.5, 0.6) is 0 Å². The highest BCUT2D eigenvalue weighted by molar-refractivity contribution is 5.88. The van der Waals surface area contributed by atoms with E-state index >= 15 is 0 Å². The van der Waals surface area contributed by atoms with Gasteiger partial charge in [-0.25, -0.2) is 0 Å². The van der Waals surface area contributed by atoms with Crippen LogP contribution in [-0.2, 0) is 4.79 Å². The predicted molar refractivity (Wildman–Crippen MR) is 57.9 cm³/mol. The predicted octanol–water partition coefficient (Wildman–Crippen LogP) is -0.526. The van der Waals surface area contributed by atoms with E-state index in [2.05, 4.69) is 9.74 Å². The molecule has 1 N–H and O–H groups in total.